The molecule has 0 unspecified atom stereocenters. The Morgan fingerprint density at radius 1 is 1.13 bits per heavy atom. The SMILES string of the molecule is COC(=O)C[C@@H](c1cc2ccccc2nc1N(C)C)c1oc(CN2CCc3ccccc3C2)cc(=O)c1O. The molecule has 0 saturated heterocycles. The molecule has 0 bridgehead atoms. The van der Waals surface area contributed by atoms with Gasteiger partial charge in [-0.05, 0) is 29.7 Å². The van der Waals surface area contributed by atoms with Crippen LogP contribution in [0, 0.1) is 0 Å². The van der Waals surface area contributed by atoms with Crippen molar-refractivity contribution in [2.75, 3.05) is 32.6 Å². The van der Waals surface area contributed by atoms with Crippen LogP contribution in [0.5, 0.6) is 5.75 Å². The number of esters is 1. The van der Waals surface area contributed by atoms with Gasteiger partial charge in [-0.2, -0.15) is 0 Å². The fourth-order valence-corrected chi connectivity index (χ4v) is 5.11. The number of anilines is 1. The first-order valence-electron chi connectivity index (χ1n) is 12.6. The summed E-state index contributed by atoms with van der Waals surface area (Å²) < 4.78 is 11.2. The number of pyridine rings is 1. The van der Waals surface area contributed by atoms with E-state index >= 15 is 0 Å². The van der Waals surface area contributed by atoms with Crippen molar-refractivity contribution >= 4 is 22.7 Å². The van der Waals surface area contributed by atoms with Gasteiger partial charge >= 0.3 is 5.97 Å². The Morgan fingerprint density at radius 3 is 2.63 bits per heavy atom. The van der Waals surface area contributed by atoms with Crippen LogP contribution < -0.4 is 10.3 Å². The van der Waals surface area contributed by atoms with E-state index < -0.39 is 23.1 Å². The van der Waals surface area contributed by atoms with Crippen molar-refractivity contribution in [1.82, 2.24) is 9.88 Å². The zero-order chi connectivity index (χ0) is 26.8. The maximum atomic E-state index is 13.0. The first-order chi connectivity index (χ1) is 18.3. The molecule has 1 atom stereocenters. The molecule has 0 saturated carbocycles. The third kappa shape index (κ3) is 5.13. The van der Waals surface area contributed by atoms with Crippen molar-refractivity contribution in [3.8, 4) is 5.75 Å². The molecular weight excluding hydrogens is 482 g/mol. The molecule has 0 fully saturated rings. The minimum absolute atomic E-state index is 0.0375. The standard InChI is InChI=1S/C30H31N3O5/c1-32(2)30-24(14-20-9-6-7-11-25(20)31-30)23(16-27(35)37-3)29-28(36)26(34)15-22(38-29)18-33-13-12-19-8-4-5-10-21(19)17-33/h4-11,14-15,23,36H,12-13,16-18H2,1-3H3/t23-/m0/s1. The normalized spacial score (nSPS) is 14.2. The number of methoxy groups -OCH3 is 1. The topological polar surface area (TPSA) is 96.1 Å². The second-order valence-corrected chi connectivity index (χ2v) is 9.84. The first-order valence-corrected chi connectivity index (χ1v) is 12.6. The van der Waals surface area contributed by atoms with Crippen LogP contribution in [0.1, 0.15) is 40.5 Å². The van der Waals surface area contributed by atoms with Gasteiger partial charge in [-0.15, -0.1) is 0 Å². The van der Waals surface area contributed by atoms with Gasteiger partial charge in [0, 0.05) is 44.2 Å². The van der Waals surface area contributed by atoms with Crippen molar-refractivity contribution in [2.24, 2.45) is 0 Å². The van der Waals surface area contributed by atoms with Crippen LogP contribution in [-0.2, 0) is 29.0 Å². The molecule has 0 radical (unpaired) electrons. The molecule has 1 N–H and O–H groups in total. The van der Waals surface area contributed by atoms with Gasteiger partial charge in [-0.25, -0.2) is 4.98 Å². The van der Waals surface area contributed by atoms with Crippen molar-refractivity contribution in [1.29, 1.82) is 0 Å². The quantitative estimate of drug-likeness (QED) is 0.367. The summed E-state index contributed by atoms with van der Waals surface area (Å²) in [6.07, 6.45) is 0.777. The van der Waals surface area contributed by atoms with Crippen molar-refractivity contribution in [2.45, 2.75) is 31.8 Å². The number of nitrogens with zero attached hydrogens (tertiary/aromatic N) is 3. The highest BCUT2D eigenvalue weighted by molar-refractivity contribution is 5.83. The highest BCUT2D eigenvalue weighted by Gasteiger charge is 2.30. The zero-order valence-corrected chi connectivity index (χ0v) is 21.8. The lowest BCUT2D eigenvalue weighted by Gasteiger charge is -2.28. The molecule has 0 amide bonds. The fourth-order valence-electron chi connectivity index (χ4n) is 5.11. The summed E-state index contributed by atoms with van der Waals surface area (Å²) in [4.78, 5) is 34.4. The van der Waals surface area contributed by atoms with E-state index in [0.29, 0.717) is 23.7 Å². The minimum atomic E-state index is -0.785. The molecule has 2 aromatic carbocycles. The maximum absolute atomic E-state index is 13.0. The number of hydrogen-bond donors (Lipinski definition) is 1. The Morgan fingerprint density at radius 2 is 1.87 bits per heavy atom. The molecule has 0 aliphatic carbocycles. The number of aromatic nitrogens is 1. The molecule has 1 aliphatic rings. The highest BCUT2D eigenvalue weighted by atomic mass is 16.5. The molecular formula is C30H31N3O5. The van der Waals surface area contributed by atoms with E-state index in [0.717, 1.165) is 30.4 Å². The third-order valence-electron chi connectivity index (χ3n) is 7.04. The monoisotopic (exact) mass is 513 g/mol. The summed E-state index contributed by atoms with van der Waals surface area (Å²) in [6.45, 7) is 1.96. The predicted octanol–water partition coefficient (Wildman–Crippen LogP) is 4.21. The Bertz CT molecular complexity index is 1540. The number of para-hydroxylation sites is 1. The average molecular weight is 514 g/mol. The van der Waals surface area contributed by atoms with Gasteiger partial charge in [0.1, 0.15) is 11.6 Å². The lowest BCUT2D eigenvalue weighted by Crippen LogP contribution is -2.30. The number of rotatable bonds is 7. The van der Waals surface area contributed by atoms with Crippen LogP contribution in [-0.4, -0.2) is 48.7 Å². The van der Waals surface area contributed by atoms with Gasteiger partial charge in [0.05, 0.1) is 31.5 Å². The summed E-state index contributed by atoms with van der Waals surface area (Å²) in [5.74, 6) is -0.713. The van der Waals surface area contributed by atoms with Crippen LogP contribution in [0.25, 0.3) is 10.9 Å². The summed E-state index contributed by atoms with van der Waals surface area (Å²) in [5, 5.41) is 11.8. The van der Waals surface area contributed by atoms with Gasteiger partial charge < -0.3 is 19.2 Å². The number of carbonyl (C=O) groups excluding carboxylic acids is 1. The van der Waals surface area contributed by atoms with E-state index in [1.165, 1.54) is 24.3 Å². The number of carbonyl (C=O) groups is 1. The lowest BCUT2D eigenvalue weighted by atomic mass is 9.91. The Kier molecular flexibility index (Phi) is 7.15. The van der Waals surface area contributed by atoms with Crippen LogP contribution in [0.4, 0.5) is 5.82 Å². The molecule has 8 heteroatoms. The smallest absolute Gasteiger partial charge is 0.306 e. The molecule has 0 spiro atoms. The molecule has 1 aliphatic heterocycles. The van der Waals surface area contributed by atoms with Crippen LogP contribution >= 0.6 is 0 Å². The molecule has 8 nitrogen and oxygen atoms in total. The minimum Gasteiger partial charge on any atom is -0.502 e. The van der Waals surface area contributed by atoms with Crippen LogP contribution in [0.3, 0.4) is 0 Å². The van der Waals surface area contributed by atoms with E-state index in [9.17, 15) is 14.7 Å². The summed E-state index contributed by atoms with van der Waals surface area (Å²) in [7, 11) is 5.03. The first kappa shape index (κ1) is 25.5. The number of aromatic hydroxyl groups is 1. The van der Waals surface area contributed by atoms with Gasteiger partial charge in [-0.3, -0.25) is 14.5 Å². The fraction of sp³-hybridized carbons (Fsp3) is 0.300. The van der Waals surface area contributed by atoms with E-state index in [4.69, 9.17) is 14.1 Å². The number of hydrogen-bond acceptors (Lipinski definition) is 8. The van der Waals surface area contributed by atoms with Gasteiger partial charge in [-0.1, -0.05) is 42.5 Å². The Hall–Kier alpha value is -4.17. The summed E-state index contributed by atoms with van der Waals surface area (Å²) in [5.41, 5.74) is 3.48. The second kappa shape index (κ2) is 10.7. The maximum Gasteiger partial charge on any atom is 0.306 e. The van der Waals surface area contributed by atoms with Crippen molar-refractivity contribution < 1.29 is 19.1 Å². The van der Waals surface area contributed by atoms with Gasteiger partial charge in [0.15, 0.2) is 5.76 Å². The molecule has 2 aromatic heterocycles. The largest absolute Gasteiger partial charge is 0.502 e. The number of fused-ring (bicyclic) bond motifs is 2. The van der Waals surface area contributed by atoms with Crippen molar-refractivity contribution in [3.63, 3.8) is 0 Å². The highest BCUT2D eigenvalue weighted by Crippen LogP contribution is 2.39. The van der Waals surface area contributed by atoms with E-state index in [-0.39, 0.29) is 12.2 Å². The molecule has 38 heavy (non-hydrogen) atoms. The summed E-state index contributed by atoms with van der Waals surface area (Å²) >= 11 is 0. The second-order valence-electron chi connectivity index (χ2n) is 9.84. The van der Waals surface area contributed by atoms with Crippen LogP contribution in [0.2, 0.25) is 0 Å². The molecule has 196 valence electrons. The third-order valence-corrected chi connectivity index (χ3v) is 7.04. The van der Waals surface area contributed by atoms with Gasteiger partial charge in [0.2, 0.25) is 11.2 Å². The van der Waals surface area contributed by atoms with Gasteiger partial charge in [0.25, 0.3) is 0 Å². The molecule has 4 aromatic rings. The number of ether oxygens (including phenoxy) is 1. The Balaban J connectivity index is 1.58. The number of benzene rings is 2. The van der Waals surface area contributed by atoms with E-state index in [2.05, 4.69) is 17.0 Å². The van der Waals surface area contributed by atoms with E-state index in [1.807, 2.05) is 61.5 Å². The zero-order valence-electron chi connectivity index (χ0n) is 21.8. The predicted molar refractivity (Wildman–Crippen MR) is 145 cm³/mol. The van der Waals surface area contributed by atoms with Crippen molar-refractivity contribution in [3.05, 3.63) is 99.1 Å². The average Bonchev–Trinajstić information content (AvgIpc) is 2.92. The molecule has 3 heterocycles. The lowest BCUT2D eigenvalue weighted by molar-refractivity contribution is -0.140. The van der Waals surface area contributed by atoms with E-state index in [1.54, 1.807) is 0 Å². The Labute approximate surface area is 221 Å². The molecule has 5 rings (SSSR count). The summed E-state index contributed by atoms with van der Waals surface area (Å²) in [6, 6.07) is 19.3. The van der Waals surface area contributed by atoms with Crippen LogP contribution in [0.15, 0.2) is 69.9 Å².